The monoisotopic (exact) mass is 246 g/mol. The van der Waals surface area contributed by atoms with Gasteiger partial charge in [0.25, 0.3) is 0 Å². The molecule has 1 aromatic rings. The molecule has 18 heavy (non-hydrogen) atoms. The van der Waals surface area contributed by atoms with Gasteiger partial charge in [-0.15, -0.1) is 0 Å². The summed E-state index contributed by atoms with van der Waals surface area (Å²) in [4.78, 5) is 2.60. The predicted octanol–water partition coefficient (Wildman–Crippen LogP) is 3.52. The summed E-state index contributed by atoms with van der Waals surface area (Å²) < 4.78 is 0. The molecule has 0 aliphatic carbocycles. The van der Waals surface area contributed by atoms with Crippen LogP contribution < -0.4 is 10.6 Å². The molecule has 2 rings (SSSR count). The molecule has 1 saturated heterocycles. The van der Waals surface area contributed by atoms with Crippen LogP contribution in [0.3, 0.4) is 0 Å². The van der Waals surface area contributed by atoms with E-state index in [0.717, 1.165) is 13.0 Å². The number of anilines is 1. The lowest BCUT2D eigenvalue weighted by Gasteiger charge is -2.39. The van der Waals surface area contributed by atoms with Gasteiger partial charge in [-0.1, -0.05) is 32.0 Å². The van der Waals surface area contributed by atoms with Crippen LogP contribution in [-0.4, -0.2) is 19.1 Å². The maximum atomic E-state index is 5.77. The van der Waals surface area contributed by atoms with Crippen LogP contribution in [0.4, 0.5) is 5.69 Å². The number of piperidine rings is 1. The highest BCUT2D eigenvalue weighted by Gasteiger charge is 2.23. The summed E-state index contributed by atoms with van der Waals surface area (Å²) in [6, 6.07) is 9.51. The Morgan fingerprint density at radius 1 is 1.28 bits per heavy atom. The highest BCUT2D eigenvalue weighted by molar-refractivity contribution is 5.56. The average molecular weight is 246 g/mol. The van der Waals surface area contributed by atoms with E-state index in [1.165, 1.54) is 37.1 Å². The molecule has 1 aliphatic heterocycles. The minimum atomic E-state index is 0.585. The third kappa shape index (κ3) is 2.86. The Morgan fingerprint density at radius 2 is 2.06 bits per heavy atom. The third-order valence-corrected chi connectivity index (χ3v) is 4.00. The summed E-state index contributed by atoms with van der Waals surface area (Å²) in [5, 5.41) is 0. The maximum Gasteiger partial charge on any atom is 0.0403 e. The van der Waals surface area contributed by atoms with Crippen LogP contribution in [0.15, 0.2) is 24.3 Å². The maximum absolute atomic E-state index is 5.77. The van der Waals surface area contributed by atoms with Gasteiger partial charge in [0.05, 0.1) is 0 Å². The molecule has 100 valence electrons. The van der Waals surface area contributed by atoms with Gasteiger partial charge >= 0.3 is 0 Å². The highest BCUT2D eigenvalue weighted by Crippen LogP contribution is 2.32. The number of hydrogen-bond acceptors (Lipinski definition) is 2. The molecule has 1 atom stereocenters. The van der Waals surface area contributed by atoms with E-state index in [2.05, 4.69) is 43.0 Å². The molecule has 0 radical (unpaired) electrons. The number of nitrogens with zero attached hydrogens (tertiary/aromatic N) is 1. The Labute approximate surface area is 111 Å². The molecule has 1 heterocycles. The van der Waals surface area contributed by atoms with E-state index >= 15 is 0 Å². The van der Waals surface area contributed by atoms with Gasteiger partial charge in [0.2, 0.25) is 0 Å². The van der Waals surface area contributed by atoms with Crippen molar-refractivity contribution in [3.63, 3.8) is 0 Å². The van der Waals surface area contributed by atoms with Gasteiger partial charge in [-0.05, 0) is 49.8 Å². The van der Waals surface area contributed by atoms with Crippen molar-refractivity contribution < 1.29 is 0 Å². The van der Waals surface area contributed by atoms with Crippen molar-refractivity contribution in [1.29, 1.82) is 0 Å². The molecule has 1 aromatic carbocycles. The molecule has 2 heteroatoms. The zero-order valence-electron chi connectivity index (χ0n) is 11.7. The summed E-state index contributed by atoms with van der Waals surface area (Å²) in [5.74, 6) is 0.585. The van der Waals surface area contributed by atoms with E-state index in [1.54, 1.807) is 0 Å². The molecule has 1 unspecified atom stereocenters. The molecule has 1 aliphatic rings. The number of rotatable bonds is 4. The first-order valence-corrected chi connectivity index (χ1v) is 7.29. The van der Waals surface area contributed by atoms with Crippen LogP contribution >= 0.6 is 0 Å². The summed E-state index contributed by atoms with van der Waals surface area (Å²) in [7, 11) is 0. The lowest BCUT2D eigenvalue weighted by atomic mass is 9.94. The van der Waals surface area contributed by atoms with E-state index in [9.17, 15) is 0 Å². The Bertz CT molecular complexity index is 371. The molecule has 2 N–H and O–H groups in total. The largest absolute Gasteiger partial charge is 0.368 e. The molecule has 2 nitrogen and oxygen atoms in total. The fourth-order valence-corrected chi connectivity index (χ4v) is 3.05. The van der Waals surface area contributed by atoms with E-state index < -0.39 is 0 Å². The van der Waals surface area contributed by atoms with E-state index in [4.69, 9.17) is 5.73 Å². The quantitative estimate of drug-likeness (QED) is 0.880. The van der Waals surface area contributed by atoms with Crippen molar-refractivity contribution in [2.45, 2.75) is 51.5 Å². The number of nitrogens with two attached hydrogens (primary N) is 1. The summed E-state index contributed by atoms with van der Waals surface area (Å²) in [6.07, 6.45) is 5.08. The normalized spacial score (nSPS) is 20.4. The minimum absolute atomic E-state index is 0.585. The summed E-state index contributed by atoms with van der Waals surface area (Å²) in [6.45, 7) is 6.54. The van der Waals surface area contributed by atoms with Gasteiger partial charge in [0, 0.05) is 18.3 Å². The zero-order chi connectivity index (χ0) is 13.0. The number of benzene rings is 1. The molecule has 0 saturated carbocycles. The SMILES string of the molecule is CC(C)c1ccccc1N1CCCCC1CCN. The van der Waals surface area contributed by atoms with Crippen molar-refractivity contribution in [2.75, 3.05) is 18.0 Å². The first-order valence-electron chi connectivity index (χ1n) is 7.29. The van der Waals surface area contributed by atoms with Gasteiger partial charge < -0.3 is 10.6 Å². The molecule has 0 spiro atoms. The van der Waals surface area contributed by atoms with Crippen molar-refractivity contribution in [1.82, 2.24) is 0 Å². The first kappa shape index (κ1) is 13.4. The fourth-order valence-electron chi connectivity index (χ4n) is 3.05. The van der Waals surface area contributed by atoms with Gasteiger partial charge in [0.15, 0.2) is 0 Å². The smallest absolute Gasteiger partial charge is 0.0403 e. The van der Waals surface area contributed by atoms with Gasteiger partial charge in [-0.2, -0.15) is 0 Å². The molecular weight excluding hydrogens is 220 g/mol. The van der Waals surface area contributed by atoms with Crippen molar-refractivity contribution in [2.24, 2.45) is 5.73 Å². The van der Waals surface area contributed by atoms with Crippen molar-refractivity contribution in [3.8, 4) is 0 Å². The molecule has 0 amide bonds. The lowest BCUT2D eigenvalue weighted by molar-refractivity contribution is 0.440. The second-order valence-electron chi connectivity index (χ2n) is 5.63. The molecular formula is C16H26N2. The van der Waals surface area contributed by atoms with Crippen molar-refractivity contribution in [3.05, 3.63) is 29.8 Å². The second-order valence-corrected chi connectivity index (χ2v) is 5.63. The summed E-state index contributed by atoms with van der Waals surface area (Å²) in [5.41, 5.74) is 8.68. The lowest BCUT2D eigenvalue weighted by Crippen LogP contribution is -2.41. The van der Waals surface area contributed by atoms with Crippen LogP contribution in [0.2, 0.25) is 0 Å². The van der Waals surface area contributed by atoms with Crippen LogP contribution in [0, 0.1) is 0 Å². The number of hydrogen-bond donors (Lipinski definition) is 1. The fraction of sp³-hybridized carbons (Fsp3) is 0.625. The van der Waals surface area contributed by atoms with Crippen molar-refractivity contribution >= 4 is 5.69 Å². The standard InChI is InChI=1S/C16H26N2/c1-13(2)15-8-3-4-9-16(15)18-12-6-5-7-14(18)10-11-17/h3-4,8-9,13-14H,5-7,10-12,17H2,1-2H3. The minimum Gasteiger partial charge on any atom is -0.368 e. The molecule has 1 fully saturated rings. The van der Waals surface area contributed by atoms with Crippen LogP contribution in [0.25, 0.3) is 0 Å². The van der Waals surface area contributed by atoms with Crippen LogP contribution in [-0.2, 0) is 0 Å². The van der Waals surface area contributed by atoms with E-state index in [-0.39, 0.29) is 0 Å². The summed E-state index contributed by atoms with van der Waals surface area (Å²) >= 11 is 0. The molecule has 0 aromatic heterocycles. The Balaban J connectivity index is 2.27. The average Bonchev–Trinajstić information content (AvgIpc) is 2.40. The third-order valence-electron chi connectivity index (χ3n) is 4.00. The second kappa shape index (κ2) is 6.24. The topological polar surface area (TPSA) is 29.3 Å². The van der Waals surface area contributed by atoms with Crippen LogP contribution in [0.5, 0.6) is 0 Å². The Morgan fingerprint density at radius 3 is 2.78 bits per heavy atom. The highest BCUT2D eigenvalue weighted by atomic mass is 15.2. The van der Waals surface area contributed by atoms with Gasteiger partial charge in [0.1, 0.15) is 0 Å². The van der Waals surface area contributed by atoms with Crippen LogP contribution in [0.1, 0.15) is 51.0 Å². The van der Waals surface area contributed by atoms with Gasteiger partial charge in [-0.25, -0.2) is 0 Å². The Hall–Kier alpha value is -1.02. The first-order chi connectivity index (χ1) is 8.74. The zero-order valence-corrected chi connectivity index (χ0v) is 11.7. The molecule has 0 bridgehead atoms. The predicted molar refractivity (Wildman–Crippen MR) is 79.2 cm³/mol. The van der Waals surface area contributed by atoms with E-state index in [0.29, 0.717) is 12.0 Å². The number of para-hydroxylation sites is 1. The Kier molecular flexibility index (Phi) is 4.65. The van der Waals surface area contributed by atoms with Gasteiger partial charge in [-0.3, -0.25) is 0 Å². The van der Waals surface area contributed by atoms with E-state index in [1.807, 2.05) is 0 Å².